The van der Waals surface area contributed by atoms with E-state index in [1.54, 1.807) is 12.1 Å². The normalized spacial score (nSPS) is 23.7. The Hall–Kier alpha value is -1.25. The number of aliphatic hydroxyl groups is 1. The van der Waals surface area contributed by atoms with E-state index in [-0.39, 0.29) is 17.7 Å². The van der Waals surface area contributed by atoms with Gasteiger partial charge in [0, 0.05) is 39.3 Å². The van der Waals surface area contributed by atoms with Gasteiger partial charge < -0.3 is 19.3 Å². The van der Waals surface area contributed by atoms with Crippen molar-refractivity contribution >= 4 is 0 Å². The average molecular weight is 368 g/mol. The number of hydrogen-bond donors (Lipinski definition) is 1. The van der Waals surface area contributed by atoms with E-state index < -0.39 is 6.10 Å². The summed E-state index contributed by atoms with van der Waals surface area (Å²) in [4.78, 5) is 4.42. The molecule has 0 bridgehead atoms. The highest BCUT2D eigenvalue weighted by atomic mass is 19.1. The van der Waals surface area contributed by atoms with Gasteiger partial charge in [-0.05, 0) is 24.6 Å². The molecule has 1 N–H and O–H groups in total. The van der Waals surface area contributed by atoms with Crippen LogP contribution < -0.4 is 4.74 Å². The van der Waals surface area contributed by atoms with Crippen LogP contribution in [0, 0.1) is 12.7 Å². The lowest BCUT2D eigenvalue weighted by Crippen LogP contribution is -2.50. The van der Waals surface area contributed by atoms with E-state index in [4.69, 9.17) is 14.2 Å². The van der Waals surface area contributed by atoms with Crippen LogP contribution in [0.25, 0.3) is 0 Å². The minimum atomic E-state index is -0.401. The standard InChI is InChI=1S/C19H29FN2O4/c1-15-2-3-18(20)19(10-15)26-14-17-13-22(6-9-25-17)12-16(23)11-21-4-7-24-8-5-21/h2-3,10,16-17,23H,4-9,11-14H2,1H3/t16-,17+/m1/s1. The molecule has 2 aliphatic heterocycles. The SMILES string of the molecule is Cc1ccc(F)c(OC[C@@H]2CN(C[C@H](O)CN3CCOCC3)CCO2)c1. The summed E-state index contributed by atoms with van der Waals surface area (Å²) >= 11 is 0. The zero-order chi connectivity index (χ0) is 18.4. The number of benzene rings is 1. The summed E-state index contributed by atoms with van der Waals surface area (Å²) in [7, 11) is 0. The summed E-state index contributed by atoms with van der Waals surface area (Å²) in [5.41, 5.74) is 0.957. The van der Waals surface area contributed by atoms with E-state index in [2.05, 4.69) is 9.80 Å². The van der Waals surface area contributed by atoms with E-state index in [0.717, 1.165) is 38.4 Å². The van der Waals surface area contributed by atoms with E-state index in [1.165, 1.54) is 6.07 Å². The van der Waals surface area contributed by atoms with Gasteiger partial charge in [0.1, 0.15) is 12.7 Å². The third kappa shape index (κ3) is 5.89. The van der Waals surface area contributed by atoms with Crippen LogP contribution >= 0.6 is 0 Å². The zero-order valence-corrected chi connectivity index (χ0v) is 15.4. The van der Waals surface area contributed by atoms with Crippen molar-refractivity contribution < 1.29 is 23.7 Å². The van der Waals surface area contributed by atoms with Gasteiger partial charge in [0.15, 0.2) is 11.6 Å². The van der Waals surface area contributed by atoms with Gasteiger partial charge in [0.2, 0.25) is 0 Å². The lowest BCUT2D eigenvalue weighted by Gasteiger charge is -2.35. The molecule has 3 rings (SSSR count). The molecule has 0 aliphatic carbocycles. The van der Waals surface area contributed by atoms with E-state index >= 15 is 0 Å². The number of morpholine rings is 2. The highest BCUT2D eigenvalue weighted by Crippen LogP contribution is 2.19. The number of β-amino-alcohol motifs (C(OH)–C–C–N with tert-alkyl or cyclic N) is 1. The molecule has 2 heterocycles. The maximum atomic E-state index is 13.8. The number of rotatable bonds is 7. The smallest absolute Gasteiger partial charge is 0.165 e. The molecule has 2 aliphatic rings. The van der Waals surface area contributed by atoms with Crippen LogP contribution in [0.15, 0.2) is 18.2 Å². The fourth-order valence-electron chi connectivity index (χ4n) is 3.39. The van der Waals surface area contributed by atoms with Crippen molar-refractivity contribution in [2.45, 2.75) is 19.1 Å². The van der Waals surface area contributed by atoms with Gasteiger partial charge in [-0.25, -0.2) is 4.39 Å². The summed E-state index contributed by atoms with van der Waals surface area (Å²) in [6.45, 7) is 8.75. The second-order valence-electron chi connectivity index (χ2n) is 7.06. The molecular weight excluding hydrogens is 339 g/mol. The molecule has 2 atom stereocenters. The molecular formula is C19H29FN2O4. The van der Waals surface area contributed by atoms with Gasteiger partial charge in [0.25, 0.3) is 0 Å². The summed E-state index contributed by atoms with van der Waals surface area (Å²) in [6, 6.07) is 4.83. The Morgan fingerprint density at radius 1 is 1.19 bits per heavy atom. The summed E-state index contributed by atoms with van der Waals surface area (Å²) < 4.78 is 30.5. The number of aryl methyl sites for hydroxylation is 1. The molecule has 2 saturated heterocycles. The van der Waals surface area contributed by atoms with Crippen LogP contribution in [-0.2, 0) is 9.47 Å². The van der Waals surface area contributed by atoms with Crippen LogP contribution in [-0.4, -0.2) is 92.8 Å². The van der Waals surface area contributed by atoms with E-state index in [9.17, 15) is 9.50 Å². The first-order chi connectivity index (χ1) is 12.6. The Labute approximate surface area is 154 Å². The third-order valence-corrected chi connectivity index (χ3v) is 4.78. The van der Waals surface area contributed by atoms with Crippen molar-refractivity contribution in [3.63, 3.8) is 0 Å². The van der Waals surface area contributed by atoms with Gasteiger partial charge in [-0.3, -0.25) is 9.80 Å². The van der Waals surface area contributed by atoms with Gasteiger partial charge in [-0.1, -0.05) is 6.07 Å². The molecule has 0 saturated carbocycles. The topological polar surface area (TPSA) is 54.4 Å². The molecule has 146 valence electrons. The third-order valence-electron chi connectivity index (χ3n) is 4.78. The number of nitrogens with zero attached hydrogens (tertiary/aromatic N) is 2. The molecule has 26 heavy (non-hydrogen) atoms. The second-order valence-corrected chi connectivity index (χ2v) is 7.06. The van der Waals surface area contributed by atoms with E-state index in [0.29, 0.717) is 32.8 Å². The Balaban J connectivity index is 1.42. The van der Waals surface area contributed by atoms with Gasteiger partial charge >= 0.3 is 0 Å². The second kappa shape index (κ2) is 9.62. The van der Waals surface area contributed by atoms with Crippen LogP contribution in [0.1, 0.15) is 5.56 Å². The van der Waals surface area contributed by atoms with Crippen LogP contribution in [0.2, 0.25) is 0 Å². The predicted octanol–water partition coefficient (Wildman–Crippen LogP) is 0.907. The number of halogens is 1. The molecule has 7 heteroatoms. The minimum Gasteiger partial charge on any atom is -0.488 e. The first-order valence-corrected chi connectivity index (χ1v) is 9.31. The molecule has 2 fully saturated rings. The van der Waals surface area contributed by atoms with Gasteiger partial charge in [0.05, 0.1) is 25.9 Å². The number of hydrogen-bond acceptors (Lipinski definition) is 6. The fraction of sp³-hybridized carbons (Fsp3) is 0.684. The summed E-state index contributed by atoms with van der Waals surface area (Å²) in [6.07, 6.45) is -0.527. The lowest BCUT2D eigenvalue weighted by atomic mass is 10.2. The molecule has 6 nitrogen and oxygen atoms in total. The molecule has 0 unspecified atom stereocenters. The van der Waals surface area contributed by atoms with Crippen LogP contribution in [0.3, 0.4) is 0 Å². The molecule has 0 radical (unpaired) electrons. The minimum absolute atomic E-state index is 0.126. The van der Waals surface area contributed by atoms with Crippen molar-refractivity contribution in [1.29, 1.82) is 0 Å². The summed E-state index contributed by atoms with van der Waals surface area (Å²) in [5, 5.41) is 10.4. The Kier molecular flexibility index (Phi) is 7.22. The largest absolute Gasteiger partial charge is 0.488 e. The number of aliphatic hydroxyl groups excluding tert-OH is 1. The predicted molar refractivity (Wildman–Crippen MR) is 96.1 cm³/mol. The van der Waals surface area contributed by atoms with Crippen molar-refractivity contribution in [1.82, 2.24) is 9.80 Å². The Morgan fingerprint density at radius 2 is 1.92 bits per heavy atom. The maximum absolute atomic E-state index is 13.8. The number of ether oxygens (including phenoxy) is 3. The first kappa shape index (κ1) is 19.5. The maximum Gasteiger partial charge on any atom is 0.165 e. The Bertz CT molecular complexity index is 568. The van der Waals surface area contributed by atoms with Gasteiger partial charge in [-0.2, -0.15) is 0 Å². The highest BCUT2D eigenvalue weighted by molar-refractivity contribution is 5.29. The molecule has 1 aromatic carbocycles. The monoisotopic (exact) mass is 368 g/mol. The van der Waals surface area contributed by atoms with Crippen LogP contribution in [0.4, 0.5) is 4.39 Å². The Morgan fingerprint density at radius 3 is 2.73 bits per heavy atom. The molecule has 0 amide bonds. The van der Waals surface area contributed by atoms with Crippen molar-refractivity contribution in [2.24, 2.45) is 0 Å². The fourth-order valence-corrected chi connectivity index (χ4v) is 3.39. The lowest BCUT2D eigenvalue weighted by molar-refractivity contribution is -0.0619. The van der Waals surface area contributed by atoms with Crippen molar-refractivity contribution in [2.75, 3.05) is 65.7 Å². The molecule has 0 aromatic heterocycles. The van der Waals surface area contributed by atoms with Crippen molar-refractivity contribution in [3.8, 4) is 5.75 Å². The zero-order valence-electron chi connectivity index (χ0n) is 15.4. The van der Waals surface area contributed by atoms with Gasteiger partial charge in [-0.15, -0.1) is 0 Å². The van der Waals surface area contributed by atoms with Crippen molar-refractivity contribution in [3.05, 3.63) is 29.6 Å². The van der Waals surface area contributed by atoms with E-state index in [1.807, 2.05) is 6.92 Å². The quantitative estimate of drug-likeness (QED) is 0.772. The average Bonchev–Trinajstić information content (AvgIpc) is 2.63. The molecule has 1 aromatic rings. The summed E-state index contributed by atoms with van der Waals surface area (Å²) in [5.74, 6) is -0.0951. The molecule has 0 spiro atoms. The van der Waals surface area contributed by atoms with Crippen LogP contribution in [0.5, 0.6) is 5.75 Å². The first-order valence-electron chi connectivity index (χ1n) is 9.31. The highest BCUT2D eigenvalue weighted by Gasteiger charge is 2.24.